The zero-order valence-electron chi connectivity index (χ0n) is 32.3. The average Bonchev–Trinajstić information content (AvgIpc) is 3.24. The monoisotopic (exact) mass is 768 g/mol. The van der Waals surface area contributed by atoms with Crippen LogP contribution in [0.15, 0.2) is 158 Å². The molecule has 0 aliphatic heterocycles. The topological polar surface area (TPSA) is 145 Å². The van der Waals surface area contributed by atoms with E-state index >= 15 is 0 Å². The van der Waals surface area contributed by atoms with Crippen molar-refractivity contribution in [3.05, 3.63) is 202 Å². The molecule has 8 heteroatoms. The van der Waals surface area contributed by atoms with Crippen molar-refractivity contribution in [2.45, 2.75) is 38.5 Å². The van der Waals surface area contributed by atoms with Crippen molar-refractivity contribution in [1.29, 1.82) is 0 Å². The van der Waals surface area contributed by atoms with Crippen LogP contribution >= 0.6 is 0 Å². The minimum atomic E-state index is -0.288. The van der Waals surface area contributed by atoms with Gasteiger partial charge in [-0.3, -0.25) is 9.59 Å². The second-order valence-electron chi connectivity index (χ2n) is 14.6. The standard InChI is InChI=1S/C50H44N2O6/c1-31(26-33-6-16-41(53)17-7-33)35-10-20-43(21-11-35)57-47-24-14-39(29-45(47)51)49(55)37-4-3-5-38(28-37)50(56)40-15-25-48(46(52)30-40)58-44-22-12-36(13-23-44)32(2)27-34-8-18-42(54)19-9-34/h3-25,28-32,53-54H,26-27,51-52H2,1-2H3. The molecule has 2 unspecified atom stereocenters. The number of aromatic hydroxyl groups is 2. The summed E-state index contributed by atoms with van der Waals surface area (Å²) >= 11 is 0. The smallest absolute Gasteiger partial charge is 0.193 e. The molecule has 7 aromatic carbocycles. The Balaban J connectivity index is 0.962. The summed E-state index contributed by atoms with van der Waals surface area (Å²) in [4.78, 5) is 27.2. The third-order valence-corrected chi connectivity index (χ3v) is 10.2. The number of hydrogen-bond acceptors (Lipinski definition) is 8. The Bertz CT molecular complexity index is 2370. The molecule has 0 heterocycles. The van der Waals surface area contributed by atoms with Gasteiger partial charge in [0.1, 0.15) is 34.5 Å². The van der Waals surface area contributed by atoms with Crippen LogP contribution in [0.3, 0.4) is 0 Å². The number of phenols is 2. The zero-order chi connectivity index (χ0) is 40.8. The number of anilines is 2. The largest absolute Gasteiger partial charge is 0.508 e. The molecule has 7 aromatic rings. The number of hydrogen-bond donors (Lipinski definition) is 4. The van der Waals surface area contributed by atoms with Gasteiger partial charge in [0.2, 0.25) is 0 Å². The number of benzene rings is 7. The number of phenolic OH excluding ortho intramolecular Hbond substituents is 2. The Labute approximate surface area is 338 Å². The molecule has 0 spiro atoms. The number of carbonyl (C=O) groups is 2. The van der Waals surface area contributed by atoms with E-state index in [1.54, 1.807) is 84.9 Å². The summed E-state index contributed by atoms with van der Waals surface area (Å²) in [6.45, 7) is 4.30. The minimum absolute atomic E-state index is 0.251. The molecule has 2 atom stereocenters. The second kappa shape index (κ2) is 17.2. The van der Waals surface area contributed by atoms with Gasteiger partial charge in [0.25, 0.3) is 0 Å². The van der Waals surface area contributed by atoms with E-state index in [-0.39, 0.29) is 34.9 Å². The number of ether oxygens (including phenoxy) is 2. The van der Waals surface area contributed by atoms with E-state index in [1.807, 2.05) is 72.8 Å². The fraction of sp³-hybridized carbons (Fsp3) is 0.120. The van der Waals surface area contributed by atoms with Crippen LogP contribution in [0.4, 0.5) is 11.4 Å². The predicted octanol–water partition coefficient (Wildman–Crippen LogP) is 11.0. The lowest BCUT2D eigenvalue weighted by Gasteiger charge is -2.14. The highest BCUT2D eigenvalue weighted by Gasteiger charge is 2.17. The lowest BCUT2D eigenvalue weighted by molar-refractivity contribution is 0.103. The van der Waals surface area contributed by atoms with Crippen LogP contribution in [0.2, 0.25) is 0 Å². The van der Waals surface area contributed by atoms with Gasteiger partial charge in [-0.05, 0) is 138 Å². The van der Waals surface area contributed by atoms with Crippen LogP contribution < -0.4 is 20.9 Å². The molecule has 7 rings (SSSR count). The molecular formula is C50H44N2O6. The molecule has 0 radical (unpaired) electrons. The first-order valence-electron chi connectivity index (χ1n) is 19.1. The van der Waals surface area contributed by atoms with Gasteiger partial charge in [0.15, 0.2) is 11.6 Å². The lowest BCUT2D eigenvalue weighted by atomic mass is 9.94. The van der Waals surface area contributed by atoms with Gasteiger partial charge in [-0.2, -0.15) is 0 Å². The van der Waals surface area contributed by atoms with Crippen LogP contribution in [0.5, 0.6) is 34.5 Å². The van der Waals surface area contributed by atoms with Crippen molar-refractivity contribution in [1.82, 2.24) is 0 Å². The van der Waals surface area contributed by atoms with Crippen molar-refractivity contribution in [2.75, 3.05) is 11.5 Å². The maximum atomic E-state index is 13.6. The summed E-state index contributed by atoms with van der Waals surface area (Å²) in [6, 6.07) is 46.5. The van der Waals surface area contributed by atoms with Crippen molar-refractivity contribution in [3.8, 4) is 34.5 Å². The molecule has 58 heavy (non-hydrogen) atoms. The quantitative estimate of drug-likeness (QED) is 0.0632. The predicted molar refractivity (Wildman–Crippen MR) is 228 cm³/mol. The first-order chi connectivity index (χ1) is 28.0. The number of rotatable bonds is 14. The minimum Gasteiger partial charge on any atom is -0.508 e. The van der Waals surface area contributed by atoms with Gasteiger partial charge in [-0.15, -0.1) is 0 Å². The molecule has 0 bridgehead atoms. The Kier molecular flexibility index (Phi) is 11.6. The van der Waals surface area contributed by atoms with Gasteiger partial charge in [0, 0.05) is 22.3 Å². The van der Waals surface area contributed by atoms with E-state index in [2.05, 4.69) is 13.8 Å². The zero-order valence-corrected chi connectivity index (χ0v) is 32.3. The van der Waals surface area contributed by atoms with Gasteiger partial charge in [-0.25, -0.2) is 0 Å². The van der Waals surface area contributed by atoms with Crippen LogP contribution in [-0.2, 0) is 12.8 Å². The third-order valence-electron chi connectivity index (χ3n) is 10.2. The first kappa shape index (κ1) is 38.9. The third kappa shape index (κ3) is 9.37. The van der Waals surface area contributed by atoms with E-state index in [9.17, 15) is 19.8 Å². The molecule has 6 N–H and O–H groups in total. The first-order valence-corrected chi connectivity index (χ1v) is 19.1. The highest BCUT2D eigenvalue weighted by molar-refractivity contribution is 6.13. The Morgan fingerprint density at radius 2 is 0.845 bits per heavy atom. The van der Waals surface area contributed by atoms with Gasteiger partial charge in [-0.1, -0.05) is 80.6 Å². The molecule has 0 aliphatic carbocycles. The maximum absolute atomic E-state index is 13.6. The summed E-state index contributed by atoms with van der Waals surface area (Å²) in [5.41, 5.74) is 19.3. The van der Waals surface area contributed by atoms with E-state index in [0.29, 0.717) is 56.6 Å². The average molecular weight is 769 g/mol. The Hall–Kier alpha value is -7.32. The number of ketones is 2. The fourth-order valence-corrected chi connectivity index (χ4v) is 6.89. The lowest BCUT2D eigenvalue weighted by Crippen LogP contribution is -2.07. The molecule has 0 saturated carbocycles. The number of nitrogen functional groups attached to an aromatic ring is 2. The highest BCUT2D eigenvalue weighted by Crippen LogP contribution is 2.33. The summed E-state index contributed by atoms with van der Waals surface area (Å²) in [7, 11) is 0. The van der Waals surface area contributed by atoms with Crippen LogP contribution in [0.25, 0.3) is 0 Å². The fourth-order valence-electron chi connectivity index (χ4n) is 6.89. The van der Waals surface area contributed by atoms with E-state index < -0.39 is 0 Å². The molecule has 290 valence electrons. The molecule has 0 amide bonds. The van der Waals surface area contributed by atoms with Crippen LogP contribution in [0.1, 0.15) is 79.8 Å². The molecule has 0 aliphatic rings. The summed E-state index contributed by atoms with van der Waals surface area (Å²) in [5.74, 6) is 2.51. The second-order valence-corrected chi connectivity index (χ2v) is 14.6. The van der Waals surface area contributed by atoms with Crippen molar-refractivity contribution in [2.24, 2.45) is 0 Å². The van der Waals surface area contributed by atoms with E-state index in [4.69, 9.17) is 20.9 Å². The molecule has 0 aromatic heterocycles. The van der Waals surface area contributed by atoms with Gasteiger partial charge >= 0.3 is 0 Å². The van der Waals surface area contributed by atoms with Crippen LogP contribution in [-0.4, -0.2) is 21.8 Å². The normalized spacial score (nSPS) is 12.0. The molecule has 0 saturated heterocycles. The molecular weight excluding hydrogens is 725 g/mol. The SMILES string of the molecule is CC(Cc1ccc(O)cc1)c1ccc(Oc2ccc(C(=O)c3cccc(C(=O)c4ccc(Oc5ccc(C(C)Cc6ccc(O)cc6)cc5)c(N)c4)c3)cc2N)cc1. The number of nitrogens with two attached hydrogens (primary N) is 2. The van der Waals surface area contributed by atoms with Crippen molar-refractivity contribution >= 4 is 22.9 Å². The maximum Gasteiger partial charge on any atom is 0.193 e. The Morgan fingerprint density at radius 3 is 1.21 bits per heavy atom. The van der Waals surface area contributed by atoms with E-state index in [0.717, 1.165) is 35.1 Å². The summed E-state index contributed by atoms with van der Waals surface area (Å²) in [5, 5.41) is 19.1. The van der Waals surface area contributed by atoms with Crippen LogP contribution in [0, 0.1) is 0 Å². The van der Waals surface area contributed by atoms with Gasteiger partial charge in [0.05, 0.1) is 11.4 Å². The Morgan fingerprint density at radius 1 is 0.483 bits per heavy atom. The van der Waals surface area contributed by atoms with Gasteiger partial charge < -0.3 is 31.2 Å². The van der Waals surface area contributed by atoms with Crippen molar-refractivity contribution in [3.63, 3.8) is 0 Å². The summed E-state index contributed by atoms with van der Waals surface area (Å²) < 4.78 is 12.1. The molecule has 0 fully saturated rings. The number of carbonyl (C=O) groups excluding carboxylic acids is 2. The summed E-state index contributed by atoms with van der Waals surface area (Å²) in [6.07, 6.45) is 1.67. The molecule has 8 nitrogen and oxygen atoms in total. The van der Waals surface area contributed by atoms with E-state index in [1.165, 1.54) is 0 Å². The highest BCUT2D eigenvalue weighted by atomic mass is 16.5. The van der Waals surface area contributed by atoms with Crippen molar-refractivity contribution < 1.29 is 29.3 Å².